The number of piperidine rings is 1. The van der Waals surface area contributed by atoms with Crippen molar-refractivity contribution in [2.75, 3.05) is 13.1 Å². The number of nitrogens with one attached hydrogen (secondary N) is 1. The van der Waals surface area contributed by atoms with Crippen LogP contribution >= 0.6 is 11.8 Å². The van der Waals surface area contributed by atoms with Crippen LogP contribution in [0, 0.1) is 0 Å². The van der Waals surface area contributed by atoms with Gasteiger partial charge in [-0.15, -0.1) is 10.2 Å². The lowest BCUT2D eigenvalue weighted by molar-refractivity contribution is -0.919. The van der Waals surface area contributed by atoms with Crippen molar-refractivity contribution in [1.82, 2.24) is 14.8 Å². The first-order chi connectivity index (χ1) is 12.1. The van der Waals surface area contributed by atoms with E-state index in [1.54, 1.807) is 4.90 Å². The van der Waals surface area contributed by atoms with E-state index in [0.29, 0.717) is 6.54 Å². The Labute approximate surface area is 152 Å². The summed E-state index contributed by atoms with van der Waals surface area (Å²) < 4.78 is 2.14. The molecule has 1 amide bonds. The van der Waals surface area contributed by atoms with Crippen molar-refractivity contribution in [3.05, 3.63) is 41.7 Å². The van der Waals surface area contributed by atoms with Gasteiger partial charge in [0.2, 0.25) is 5.91 Å². The molecule has 25 heavy (non-hydrogen) atoms. The largest absolute Gasteiger partial charge is 0.369 e. The van der Waals surface area contributed by atoms with Gasteiger partial charge in [-0.1, -0.05) is 42.1 Å². The fraction of sp³-hybridized carbons (Fsp3) is 0.500. The Morgan fingerprint density at radius 1 is 1.24 bits per heavy atom. The van der Waals surface area contributed by atoms with Crippen LogP contribution in [0.5, 0.6) is 0 Å². The molecule has 3 rings (SSSR count). The van der Waals surface area contributed by atoms with Crippen LogP contribution in [0.25, 0.3) is 0 Å². The molecule has 2 aromatic rings. The summed E-state index contributed by atoms with van der Waals surface area (Å²) in [7, 11) is 0. The van der Waals surface area contributed by atoms with E-state index in [1.807, 2.05) is 25.1 Å². The Hall–Kier alpha value is -1.86. The molecular formula is C18H26N5OS+. The van der Waals surface area contributed by atoms with Crippen molar-refractivity contribution in [3.63, 3.8) is 0 Å². The van der Waals surface area contributed by atoms with E-state index in [4.69, 9.17) is 5.73 Å². The number of carbonyl (C=O) groups excluding carboxylic acids is 1. The SMILES string of the molecule is C[C@@H](Sc1nnc(C[NH+]2CCCCC2)n1Cc1ccccc1)C(N)=O. The van der Waals surface area contributed by atoms with Gasteiger partial charge in [-0.05, 0) is 31.7 Å². The third kappa shape index (κ3) is 4.83. The lowest BCUT2D eigenvalue weighted by Gasteiger charge is -2.23. The molecule has 1 atom stereocenters. The minimum Gasteiger partial charge on any atom is -0.369 e. The van der Waals surface area contributed by atoms with E-state index in [9.17, 15) is 4.79 Å². The molecule has 1 fully saturated rings. The standard InChI is InChI=1S/C18H25N5OS/c1-14(17(19)24)25-18-21-20-16(13-22-10-6-3-7-11-22)23(18)12-15-8-4-2-5-9-15/h2,4-5,8-9,14H,3,6-7,10-13H2,1H3,(H2,19,24)/p+1/t14-/m1/s1. The summed E-state index contributed by atoms with van der Waals surface area (Å²) in [5.41, 5.74) is 6.62. The van der Waals surface area contributed by atoms with E-state index in [-0.39, 0.29) is 11.2 Å². The quantitative estimate of drug-likeness (QED) is 0.718. The van der Waals surface area contributed by atoms with Crippen LogP contribution in [0.1, 0.15) is 37.6 Å². The molecule has 6 nitrogen and oxygen atoms in total. The minimum absolute atomic E-state index is 0.325. The van der Waals surface area contributed by atoms with Crippen LogP contribution in [-0.4, -0.2) is 39.0 Å². The van der Waals surface area contributed by atoms with Gasteiger partial charge in [0.05, 0.1) is 24.9 Å². The molecule has 0 spiro atoms. The van der Waals surface area contributed by atoms with Crippen LogP contribution in [0.3, 0.4) is 0 Å². The predicted octanol–water partition coefficient (Wildman–Crippen LogP) is 0.861. The Morgan fingerprint density at radius 2 is 1.96 bits per heavy atom. The number of rotatable bonds is 7. The van der Waals surface area contributed by atoms with Crippen LogP contribution in [-0.2, 0) is 17.9 Å². The van der Waals surface area contributed by atoms with Gasteiger partial charge in [0.15, 0.2) is 11.0 Å². The summed E-state index contributed by atoms with van der Waals surface area (Å²) in [6.45, 7) is 5.79. The van der Waals surface area contributed by atoms with Crippen molar-refractivity contribution in [2.24, 2.45) is 5.73 Å². The maximum absolute atomic E-state index is 11.4. The van der Waals surface area contributed by atoms with Crippen LogP contribution in [0.2, 0.25) is 0 Å². The van der Waals surface area contributed by atoms with Crippen LogP contribution < -0.4 is 10.6 Å². The van der Waals surface area contributed by atoms with Crippen molar-refractivity contribution in [3.8, 4) is 0 Å². The predicted molar refractivity (Wildman–Crippen MR) is 98.3 cm³/mol. The molecule has 0 aliphatic carbocycles. The third-order valence-electron chi connectivity index (χ3n) is 4.63. The normalized spacial score (nSPS) is 16.7. The highest BCUT2D eigenvalue weighted by atomic mass is 32.2. The maximum Gasteiger partial charge on any atom is 0.230 e. The second-order valence-corrected chi connectivity index (χ2v) is 7.93. The molecule has 0 bridgehead atoms. The summed E-state index contributed by atoms with van der Waals surface area (Å²) in [5.74, 6) is 0.655. The molecule has 7 heteroatoms. The number of hydrogen-bond acceptors (Lipinski definition) is 4. The van der Waals surface area contributed by atoms with Gasteiger partial charge < -0.3 is 10.6 Å². The molecule has 2 heterocycles. The van der Waals surface area contributed by atoms with Gasteiger partial charge in [0.25, 0.3) is 0 Å². The number of carbonyl (C=O) groups is 1. The molecule has 1 saturated heterocycles. The first kappa shape index (κ1) is 17.9. The fourth-order valence-corrected chi connectivity index (χ4v) is 3.95. The summed E-state index contributed by atoms with van der Waals surface area (Å²) in [4.78, 5) is 13.0. The van der Waals surface area contributed by atoms with Crippen molar-refractivity contribution < 1.29 is 9.69 Å². The summed E-state index contributed by atoms with van der Waals surface area (Å²) in [6.07, 6.45) is 3.89. The molecule has 0 radical (unpaired) electrons. The topological polar surface area (TPSA) is 78.2 Å². The van der Waals surface area contributed by atoms with Crippen molar-refractivity contribution >= 4 is 17.7 Å². The number of nitrogens with zero attached hydrogens (tertiary/aromatic N) is 3. The number of likely N-dealkylation sites (tertiary alicyclic amines) is 1. The van der Waals surface area contributed by atoms with Gasteiger partial charge in [0.1, 0.15) is 6.54 Å². The van der Waals surface area contributed by atoms with Crippen molar-refractivity contribution in [2.45, 2.75) is 49.7 Å². The van der Waals surface area contributed by atoms with E-state index in [0.717, 1.165) is 17.5 Å². The summed E-state index contributed by atoms with van der Waals surface area (Å²) in [5, 5.41) is 9.23. The molecule has 1 aromatic carbocycles. The second-order valence-electron chi connectivity index (χ2n) is 6.62. The molecule has 1 aromatic heterocycles. The zero-order chi connectivity index (χ0) is 17.6. The number of nitrogens with two attached hydrogens (primary N) is 1. The average molecular weight is 361 g/mol. The molecule has 134 valence electrons. The minimum atomic E-state index is -0.331. The first-order valence-electron chi connectivity index (χ1n) is 8.89. The van der Waals surface area contributed by atoms with E-state index in [1.165, 1.54) is 49.7 Å². The molecule has 3 N–H and O–H groups in total. The Kier molecular flexibility index (Phi) is 6.09. The van der Waals surface area contributed by atoms with Crippen LogP contribution in [0.15, 0.2) is 35.5 Å². The lowest BCUT2D eigenvalue weighted by atomic mass is 10.1. The third-order valence-corrected chi connectivity index (χ3v) is 5.73. The van der Waals surface area contributed by atoms with Gasteiger partial charge >= 0.3 is 0 Å². The average Bonchev–Trinajstić information content (AvgIpc) is 2.98. The summed E-state index contributed by atoms with van der Waals surface area (Å²) >= 11 is 1.39. The number of amides is 1. The fourth-order valence-electron chi connectivity index (χ4n) is 3.13. The molecule has 0 saturated carbocycles. The highest BCUT2D eigenvalue weighted by Gasteiger charge is 2.22. The van der Waals surface area contributed by atoms with E-state index < -0.39 is 0 Å². The zero-order valence-corrected chi connectivity index (χ0v) is 15.5. The van der Waals surface area contributed by atoms with Crippen molar-refractivity contribution in [1.29, 1.82) is 0 Å². The summed E-state index contributed by atoms with van der Waals surface area (Å²) in [6, 6.07) is 10.3. The monoisotopic (exact) mass is 360 g/mol. The Balaban J connectivity index is 1.83. The Morgan fingerprint density at radius 3 is 2.64 bits per heavy atom. The van der Waals surface area contributed by atoms with Gasteiger partial charge in [-0.2, -0.15) is 0 Å². The highest BCUT2D eigenvalue weighted by molar-refractivity contribution is 8.00. The van der Waals surface area contributed by atoms with E-state index >= 15 is 0 Å². The number of thioether (sulfide) groups is 1. The highest BCUT2D eigenvalue weighted by Crippen LogP contribution is 2.23. The second kappa shape index (κ2) is 8.49. The van der Waals surface area contributed by atoms with Gasteiger partial charge in [-0.25, -0.2) is 0 Å². The van der Waals surface area contributed by atoms with Gasteiger partial charge in [0, 0.05) is 0 Å². The number of primary amides is 1. The smallest absolute Gasteiger partial charge is 0.230 e. The van der Waals surface area contributed by atoms with Gasteiger partial charge in [-0.3, -0.25) is 9.36 Å². The molecule has 0 unspecified atom stereocenters. The zero-order valence-electron chi connectivity index (χ0n) is 14.6. The Bertz CT molecular complexity index is 697. The lowest BCUT2D eigenvalue weighted by Crippen LogP contribution is -3.11. The first-order valence-corrected chi connectivity index (χ1v) is 9.77. The molecule has 1 aliphatic rings. The number of quaternary nitrogens is 1. The van der Waals surface area contributed by atoms with E-state index in [2.05, 4.69) is 26.9 Å². The maximum atomic E-state index is 11.4. The van der Waals surface area contributed by atoms with Crippen LogP contribution in [0.4, 0.5) is 0 Å². The number of benzene rings is 1. The molecule has 1 aliphatic heterocycles. The number of hydrogen-bond donors (Lipinski definition) is 2. The molecular weight excluding hydrogens is 334 g/mol. The number of aromatic nitrogens is 3.